The third kappa shape index (κ3) is 5.53. The monoisotopic (exact) mass is 456 g/mol. The Labute approximate surface area is 180 Å². The van der Waals surface area contributed by atoms with Gasteiger partial charge >= 0.3 is 23.9 Å². The van der Waals surface area contributed by atoms with Crippen LogP contribution in [-0.4, -0.2) is 46.8 Å². The molecule has 2 aromatic rings. The van der Waals surface area contributed by atoms with Crippen LogP contribution >= 0.6 is 0 Å². The molecular weight excluding hydrogens is 437 g/mol. The summed E-state index contributed by atoms with van der Waals surface area (Å²) in [6.07, 6.45) is -4.00. The van der Waals surface area contributed by atoms with Crippen molar-refractivity contribution in [3.63, 3.8) is 0 Å². The molecule has 0 aliphatic carbocycles. The fraction of sp³-hybridized carbons (Fsp3) is 0.421. The van der Waals surface area contributed by atoms with E-state index >= 15 is 0 Å². The minimum atomic E-state index is -4.60. The average Bonchev–Trinajstić information content (AvgIpc) is 2.74. The van der Waals surface area contributed by atoms with Gasteiger partial charge in [0, 0.05) is 25.9 Å². The first-order chi connectivity index (χ1) is 15.2. The molecular formula is C19H19F3N4O6. The number of halogens is 3. The van der Waals surface area contributed by atoms with E-state index in [4.69, 9.17) is 14.2 Å². The van der Waals surface area contributed by atoms with Gasteiger partial charge in [-0.1, -0.05) is 6.07 Å². The molecule has 1 aliphatic heterocycles. The zero-order chi connectivity index (χ0) is 23.3. The van der Waals surface area contributed by atoms with Crippen LogP contribution in [0.4, 0.5) is 29.5 Å². The maximum Gasteiger partial charge on any atom is 0.508 e. The van der Waals surface area contributed by atoms with E-state index in [0.717, 1.165) is 24.5 Å². The van der Waals surface area contributed by atoms with Crippen molar-refractivity contribution in [1.82, 2.24) is 9.97 Å². The highest BCUT2D eigenvalue weighted by Gasteiger charge is 2.33. The van der Waals surface area contributed by atoms with Gasteiger partial charge in [-0.05, 0) is 25.1 Å². The molecule has 13 heteroatoms. The first-order valence-electron chi connectivity index (χ1n) is 9.62. The van der Waals surface area contributed by atoms with E-state index in [0.29, 0.717) is 12.8 Å². The Morgan fingerprint density at radius 3 is 2.62 bits per heavy atom. The highest BCUT2D eigenvalue weighted by atomic mass is 19.4. The van der Waals surface area contributed by atoms with Crippen LogP contribution in [-0.2, 0) is 15.7 Å². The molecule has 1 fully saturated rings. The van der Waals surface area contributed by atoms with Gasteiger partial charge in [-0.25, -0.2) is 9.78 Å². The number of hydrogen-bond acceptors (Lipinski definition) is 9. The summed E-state index contributed by atoms with van der Waals surface area (Å²) in [4.78, 5) is 31.8. The molecule has 3 rings (SSSR count). The van der Waals surface area contributed by atoms with E-state index in [-0.39, 0.29) is 31.3 Å². The molecule has 0 unspecified atom stereocenters. The molecule has 0 radical (unpaired) electrons. The van der Waals surface area contributed by atoms with Gasteiger partial charge in [0.2, 0.25) is 5.82 Å². The normalized spacial score (nSPS) is 14.7. The second-order valence-electron chi connectivity index (χ2n) is 6.72. The van der Waals surface area contributed by atoms with Crippen LogP contribution in [0.2, 0.25) is 0 Å². The summed E-state index contributed by atoms with van der Waals surface area (Å²) in [6.45, 7) is 2.40. The summed E-state index contributed by atoms with van der Waals surface area (Å²) in [5.74, 6) is -0.778. The Bertz CT molecular complexity index is 980. The molecule has 32 heavy (non-hydrogen) atoms. The molecule has 1 aromatic heterocycles. The standard InChI is InChI=1S/C19H19F3N4O6/c1-2-30-18(27)32-13-6-8-25(9-7-13)16-15(26(28)29)17(24-11-23-16)31-14-5-3-4-12(10-14)19(20,21)22/h3-5,10-11,13H,2,6-9H2,1H3. The lowest BCUT2D eigenvalue weighted by Gasteiger charge is -2.31. The van der Waals surface area contributed by atoms with Crippen LogP contribution in [0.25, 0.3) is 0 Å². The molecule has 0 saturated carbocycles. The second-order valence-corrected chi connectivity index (χ2v) is 6.72. The van der Waals surface area contributed by atoms with Gasteiger partial charge in [0.15, 0.2) is 0 Å². The summed E-state index contributed by atoms with van der Waals surface area (Å²) >= 11 is 0. The molecule has 1 aromatic carbocycles. The minimum Gasteiger partial charge on any atom is -0.435 e. The Morgan fingerprint density at radius 1 is 1.28 bits per heavy atom. The number of carbonyl (C=O) groups excluding carboxylic acids is 1. The van der Waals surface area contributed by atoms with Gasteiger partial charge in [0.25, 0.3) is 0 Å². The molecule has 0 atom stereocenters. The van der Waals surface area contributed by atoms with E-state index in [1.807, 2.05) is 0 Å². The lowest BCUT2D eigenvalue weighted by atomic mass is 10.1. The summed E-state index contributed by atoms with van der Waals surface area (Å²) < 4.78 is 54.1. The number of ether oxygens (including phenoxy) is 3. The lowest BCUT2D eigenvalue weighted by Crippen LogP contribution is -2.38. The first-order valence-corrected chi connectivity index (χ1v) is 9.62. The average molecular weight is 456 g/mol. The summed E-state index contributed by atoms with van der Waals surface area (Å²) in [6, 6.07) is 3.94. The van der Waals surface area contributed by atoms with Gasteiger partial charge < -0.3 is 19.1 Å². The Morgan fingerprint density at radius 2 is 2.00 bits per heavy atom. The van der Waals surface area contributed by atoms with Crippen LogP contribution in [0.15, 0.2) is 30.6 Å². The molecule has 10 nitrogen and oxygen atoms in total. The molecule has 1 saturated heterocycles. The van der Waals surface area contributed by atoms with Gasteiger partial charge in [0.05, 0.1) is 17.1 Å². The third-order valence-electron chi connectivity index (χ3n) is 4.59. The van der Waals surface area contributed by atoms with Crippen LogP contribution in [0.5, 0.6) is 11.6 Å². The van der Waals surface area contributed by atoms with Crippen molar-refractivity contribution in [2.45, 2.75) is 32.0 Å². The van der Waals surface area contributed by atoms with Crippen molar-refractivity contribution in [1.29, 1.82) is 0 Å². The van der Waals surface area contributed by atoms with Gasteiger partial charge in [-0.15, -0.1) is 0 Å². The molecule has 0 amide bonds. The summed E-state index contributed by atoms with van der Waals surface area (Å²) in [7, 11) is 0. The SMILES string of the molecule is CCOC(=O)OC1CCN(c2ncnc(Oc3cccc(C(F)(F)F)c3)c2[N+](=O)[O-])CC1. The molecule has 172 valence electrons. The number of aromatic nitrogens is 2. The van der Waals surface area contributed by atoms with Crippen molar-refractivity contribution in [3.8, 4) is 11.6 Å². The largest absolute Gasteiger partial charge is 0.508 e. The zero-order valence-electron chi connectivity index (χ0n) is 16.9. The van der Waals surface area contributed by atoms with E-state index in [9.17, 15) is 28.1 Å². The van der Waals surface area contributed by atoms with E-state index in [1.165, 1.54) is 6.07 Å². The molecule has 0 bridgehead atoms. The van der Waals surface area contributed by atoms with Gasteiger partial charge in [0.1, 0.15) is 18.2 Å². The summed E-state index contributed by atoms with van der Waals surface area (Å²) in [5.41, 5.74) is -1.54. The quantitative estimate of drug-likeness (QED) is 0.355. The number of nitrogens with zero attached hydrogens (tertiary/aromatic N) is 4. The topological polar surface area (TPSA) is 117 Å². The number of anilines is 1. The maximum atomic E-state index is 12.9. The van der Waals surface area contributed by atoms with Crippen LogP contribution in [0, 0.1) is 10.1 Å². The highest BCUT2D eigenvalue weighted by Crippen LogP contribution is 2.38. The zero-order valence-corrected chi connectivity index (χ0v) is 16.9. The van der Waals surface area contributed by atoms with Crippen LogP contribution < -0.4 is 9.64 Å². The number of carbonyl (C=O) groups is 1. The predicted molar refractivity (Wildman–Crippen MR) is 104 cm³/mol. The van der Waals surface area contributed by atoms with Gasteiger partial charge in [-0.2, -0.15) is 18.2 Å². The molecule has 0 spiro atoms. The highest BCUT2D eigenvalue weighted by molar-refractivity contribution is 5.64. The third-order valence-corrected chi connectivity index (χ3v) is 4.59. The second kappa shape index (κ2) is 9.66. The number of alkyl halides is 3. The molecule has 0 N–H and O–H groups in total. The maximum absolute atomic E-state index is 12.9. The number of rotatable bonds is 6. The fourth-order valence-corrected chi connectivity index (χ4v) is 3.14. The van der Waals surface area contributed by atoms with Crippen molar-refractivity contribution in [2.24, 2.45) is 0 Å². The van der Waals surface area contributed by atoms with Gasteiger partial charge in [-0.3, -0.25) is 10.1 Å². The molecule has 2 heterocycles. The van der Waals surface area contributed by atoms with Crippen molar-refractivity contribution < 1.29 is 37.1 Å². The van der Waals surface area contributed by atoms with Crippen molar-refractivity contribution >= 4 is 17.7 Å². The van der Waals surface area contributed by atoms with Crippen molar-refractivity contribution in [2.75, 3.05) is 24.6 Å². The minimum absolute atomic E-state index is 0.0402. The van der Waals surface area contributed by atoms with Crippen LogP contribution in [0.3, 0.4) is 0 Å². The molecule has 1 aliphatic rings. The number of benzene rings is 1. The smallest absolute Gasteiger partial charge is 0.435 e. The number of piperidine rings is 1. The first kappa shape index (κ1) is 23.0. The number of hydrogen-bond donors (Lipinski definition) is 0. The predicted octanol–water partition coefficient (Wildman–Crippen LogP) is 4.34. The Balaban J connectivity index is 1.79. The van der Waals surface area contributed by atoms with Crippen molar-refractivity contribution in [3.05, 3.63) is 46.3 Å². The number of nitro groups is 1. The van der Waals surface area contributed by atoms with E-state index < -0.39 is 40.5 Å². The Hall–Kier alpha value is -3.64. The fourth-order valence-electron chi connectivity index (χ4n) is 3.14. The lowest BCUT2D eigenvalue weighted by molar-refractivity contribution is -0.385. The van der Waals surface area contributed by atoms with E-state index in [2.05, 4.69) is 9.97 Å². The van der Waals surface area contributed by atoms with Crippen LogP contribution in [0.1, 0.15) is 25.3 Å². The summed E-state index contributed by atoms with van der Waals surface area (Å²) in [5, 5.41) is 11.7. The Kier molecular flexibility index (Phi) is 6.95. The van der Waals surface area contributed by atoms with E-state index in [1.54, 1.807) is 11.8 Å².